The molecule has 0 aliphatic carbocycles. The fourth-order valence-corrected chi connectivity index (χ4v) is 3.11. The minimum absolute atomic E-state index is 0.130. The Kier molecular flexibility index (Phi) is 3.53. The number of nitrogens with zero attached hydrogens (tertiary/aromatic N) is 1. The molecule has 1 aromatic heterocycles. The van der Waals surface area contributed by atoms with Gasteiger partial charge in [-0.25, -0.2) is 0 Å². The van der Waals surface area contributed by atoms with Gasteiger partial charge in [0.25, 0.3) is 0 Å². The number of aryl methyl sites for hydroxylation is 3. The maximum Gasteiger partial charge on any atom is 0.127 e. The van der Waals surface area contributed by atoms with Crippen molar-refractivity contribution in [3.63, 3.8) is 0 Å². The van der Waals surface area contributed by atoms with Crippen molar-refractivity contribution in [3.05, 3.63) is 53.0 Å². The van der Waals surface area contributed by atoms with Crippen molar-refractivity contribution in [2.45, 2.75) is 32.7 Å². The molecule has 2 aromatic rings. The second-order valence-corrected chi connectivity index (χ2v) is 5.63. The summed E-state index contributed by atoms with van der Waals surface area (Å²) in [7, 11) is 0. The zero-order valence-corrected chi connectivity index (χ0v) is 12.2. The summed E-state index contributed by atoms with van der Waals surface area (Å²) in [5.41, 5.74) is 10.1. The van der Waals surface area contributed by atoms with Gasteiger partial charge in [0.15, 0.2) is 0 Å². The lowest BCUT2D eigenvalue weighted by Gasteiger charge is -2.36. The first-order valence-electron chi connectivity index (χ1n) is 7.31. The van der Waals surface area contributed by atoms with Crippen molar-refractivity contribution >= 4 is 5.69 Å². The minimum Gasteiger partial charge on any atom is -0.464 e. The number of benzene rings is 1. The van der Waals surface area contributed by atoms with Gasteiger partial charge in [-0.05, 0) is 50.5 Å². The summed E-state index contributed by atoms with van der Waals surface area (Å²) < 4.78 is 5.81. The van der Waals surface area contributed by atoms with E-state index in [-0.39, 0.29) is 6.04 Å². The van der Waals surface area contributed by atoms with Gasteiger partial charge in [0.05, 0.1) is 6.04 Å². The molecular formula is C17H22N2O. The lowest BCUT2D eigenvalue weighted by molar-refractivity contribution is 0.428. The van der Waals surface area contributed by atoms with Crippen LogP contribution in [0.1, 0.15) is 35.1 Å². The third-order valence-corrected chi connectivity index (χ3v) is 4.08. The molecule has 2 N–H and O–H groups in total. The van der Waals surface area contributed by atoms with E-state index in [0.717, 1.165) is 24.5 Å². The molecule has 1 aliphatic rings. The van der Waals surface area contributed by atoms with Gasteiger partial charge in [-0.2, -0.15) is 0 Å². The molecule has 20 heavy (non-hydrogen) atoms. The molecule has 0 radical (unpaired) electrons. The van der Waals surface area contributed by atoms with Crippen LogP contribution in [-0.2, 0) is 6.42 Å². The van der Waals surface area contributed by atoms with E-state index < -0.39 is 0 Å². The number of furan rings is 1. The van der Waals surface area contributed by atoms with Gasteiger partial charge < -0.3 is 15.1 Å². The highest BCUT2D eigenvalue weighted by Crippen LogP contribution is 2.34. The van der Waals surface area contributed by atoms with Gasteiger partial charge in [0, 0.05) is 18.8 Å². The molecule has 0 saturated carbocycles. The van der Waals surface area contributed by atoms with Crippen molar-refractivity contribution < 1.29 is 4.42 Å². The summed E-state index contributed by atoms with van der Waals surface area (Å²) in [6.45, 7) is 5.73. The van der Waals surface area contributed by atoms with Crippen LogP contribution in [0.25, 0.3) is 0 Å². The van der Waals surface area contributed by atoms with Crippen molar-refractivity contribution in [1.82, 2.24) is 0 Å². The van der Waals surface area contributed by atoms with Gasteiger partial charge in [-0.1, -0.05) is 17.7 Å². The highest BCUT2D eigenvalue weighted by Gasteiger charge is 2.26. The Labute approximate surface area is 120 Å². The second-order valence-electron chi connectivity index (χ2n) is 5.63. The SMILES string of the molecule is Cc1ccc2c(c1)CCCN2C(CN)c1ccc(C)o1. The molecule has 0 spiro atoms. The standard InChI is InChI=1S/C17H22N2O/c1-12-5-7-15-14(10-12)4-3-9-19(15)16(11-18)17-8-6-13(2)20-17/h5-8,10,16H,3-4,9,11,18H2,1-2H3. The lowest BCUT2D eigenvalue weighted by atomic mass is 9.97. The van der Waals surface area contributed by atoms with E-state index in [1.54, 1.807) is 0 Å². The first kappa shape index (κ1) is 13.3. The normalized spacial score (nSPS) is 16.1. The molecule has 2 heterocycles. The van der Waals surface area contributed by atoms with Gasteiger partial charge in [0.1, 0.15) is 11.5 Å². The lowest BCUT2D eigenvalue weighted by Crippen LogP contribution is -2.37. The number of rotatable bonds is 3. The third-order valence-electron chi connectivity index (χ3n) is 4.08. The Morgan fingerprint density at radius 1 is 1.25 bits per heavy atom. The molecule has 0 fully saturated rings. The molecule has 3 rings (SSSR count). The predicted molar refractivity (Wildman–Crippen MR) is 82.1 cm³/mol. The largest absolute Gasteiger partial charge is 0.464 e. The zero-order valence-electron chi connectivity index (χ0n) is 12.2. The Bertz CT molecular complexity index is 603. The Morgan fingerprint density at radius 2 is 2.10 bits per heavy atom. The smallest absolute Gasteiger partial charge is 0.127 e. The fourth-order valence-electron chi connectivity index (χ4n) is 3.11. The van der Waals surface area contributed by atoms with Crippen molar-refractivity contribution in [2.24, 2.45) is 5.73 Å². The van der Waals surface area contributed by atoms with Crippen molar-refractivity contribution in [3.8, 4) is 0 Å². The van der Waals surface area contributed by atoms with Crippen LogP contribution in [0.5, 0.6) is 0 Å². The Balaban J connectivity index is 1.98. The summed E-state index contributed by atoms with van der Waals surface area (Å²) in [4.78, 5) is 2.40. The van der Waals surface area contributed by atoms with Crippen LogP contribution >= 0.6 is 0 Å². The van der Waals surface area contributed by atoms with Gasteiger partial charge >= 0.3 is 0 Å². The van der Waals surface area contributed by atoms with Crippen LogP contribution in [0.2, 0.25) is 0 Å². The molecule has 1 atom stereocenters. The summed E-state index contributed by atoms with van der Waals surface area (Å²) in [6, 6.07) is 10.9. The van der Waals surface area contributed by atoms with E-state index in [1.807, 2.05) is 13.0 Å². The van der Waals surface area contributed by atoms with Crippen LogP contribution < -0.4 is 10.6 Å². The first-order valence-corrected chi connectivity index (χ1v) is 7.31. The average molecular weight is 270 g/mol. The van der Waals surface area contributed by atoms with E-state index in [9.17, 15) is 0 Å². The van der Waals surface area contributed by atoms with Crippen LogP contribution in [0.15, 0.2) is 34.7 Å². The molecule has 3 heteroatoms. The van der Waals surface area contributed by atoms with E-state index >= 15 is 0 Å². The molecule has 3 nitrogen and oxygen atoms in total. The summed E-state index contributed by atoms with van der Waals surface area (Å²) >= 11 is 0. The van der Waals surface area contributed by atoms with Crippen LogP contribution in [0.3, 0.4) is 0 Å². The topological polar surface area (TPSA) is 42.4 Å². The Hall–Kier alpha value is -1.74. The zero-order chi connectivity index (χ0) is 14.1. The monoisotopic (exact) mass is 270 g/mol. The third kappa shape index (κ3) is 2.34. The number of nitrogens with two attached hydrogens (primary N) is 1. The average Bonchev–Trinajstić information content (AvgIpc) is 2.86. The molecule has 0 bridgehead atoms. The van der Waals surface area contributed by atoms with Gasteiger partial charge in [-0.3, -0.25) is 0 Å². The van der Waals surface area contributed by atoms with E-state index in [2.05, 4.69) is 36.1 Å². The first-order chi connectivity index (χ1) is 9.69. The molecule has 0 amide bonds. The van der Waals surface area contributed by atoms with Crippen molar-refractivity contribution in [2.75, 3.05) is 18.0 Å². The van der Waals surface area contributed by atoms with Crippen LogP contribution in [0.4, 0.5) is 5.69 Å². The number of anilines is 1. The molecule has 106 valence electrons. The molecule has 1 unspecified atom stereocenters. The summed E-state index contributed by atoms with van der Waals surface area (Å²) in [5, 5.41) is 0. The molecule has 1 aromatic carbocycles. The molecule has 0 saturated heterocycles. The maximum absolute atomic E-state index is 6.03. The number of fused-ring (bicyclic) bond motifs is 1. The van der Waals surface area contributed by atoms with E-state index in [4.69, 9.17) is 10.2 Å². The van der Waals surface area contributed by atoms with Gasteiger partial charge in [0.2, 0.25) is 0 Å². The van der Waals surface area contributed by atoms with E-state index in [0.29, 0.717) is 6.54 Å². The van der Waals surface area contributed by atoms with E-state index in [1.165, 1.54) is 23.2 Å². The van der Waals surface area contributed by atoms with Crippen molar-refractivity contribution in [1.29, 1.82) is 0 Å². The van der Waals surface area contributed by atoms with Crippen LogP contribution in [0, 0.1) is 13.8 Å². The predicted octanol–water partition coefficient (Wildman–Crippen LogP) is 3.35. The number of hydrogen-bond acceptors (Lipinski definition) is 3. The maximum atomic E-state index is 6.03. The van der Waals surface area contributed by atoms with Crippen LogP contribution in [-0.4, -0.2) is 13.1 Å². The second kappa shape index (κ2) is 5.33. The summed E-state index contributed by atoms with van der Waals surface area (Å²) in [5.74, 6) is 1.91. The minimum atomic E-state index is 0.130. The fraction of sp³-hybridized carbons (Fsp3) is 0.412. The summed E-state index contributed by atoms with van der Waals surface area (Å²) in [6.07, 6.45) is 2.33. The number of hydrogen-bond donors (Lipinski definition) is 1. The highest BCUT2D eigenvalue weighted by molar-refractivity contribution is 5.58. The quantitative estimate of drug-likeness (QED) is 0.930. The molecular weight excluding hydrogens is 248 g/mol. The highest BCUT2D eigenvalue weighted by atomic mass is 16.3. The van der Waals surface area contributed by atoms with Gasteiger partial charge in [-0.15, -0.1) is 0 Å². The Morgan fingerprint density at radius 3 is 2.80 bits per heavy atom. The molecule has 1 aliphatic heterocycles.